The van der Waals surface area contributed by atoms with Gasteiger partial charge in [0, 0.05) is 5.56 Å². The molecule has 0 bridgehead atoms. The van der Waals surface area contributed by atoms with Crippen LogP contribution < -0.4 is 4.74 Å². The van der Waals surface area contributed by atoms with Crippen molar-refractivity contribution in [3.8, 4) is 5.75 Å². The molecule has 0 atom stereocenters. The molecule has 0 heterocycles. The molecular formula is C15H20O4. The van der Waals surface area contributed by atoms with Gasteiger partial charge in [-0.2, -0.15) is 0 Å². The molecular weight excluding hydrogens is 244 g/mol. The van der Waals surface area contributed by atoms with Crippen molar-refractivity contribution in [1.29, 1.82) is 0 Å². The number of ketones is 1. The molecule has 0 fully saturated rings. The number of hydrogen-bond donors (Lipinski definition) is 0. The number of unbranched alkanes of at least 4 members (excludes halogenated alkanes) is 1. The number of carbonyl (C=O) groups excluding carboxylic acids is 2. The topological polar surface area (TPSA) is 52.6 Å². The molecule has 0 aliphatic heterocycles. The van der Waals surface area contributed by atoms with Crippen molar-refractivity contribution >= 4 is 11.8 Å². The van der Waals surface area contributed by atoms with Gasteiger partial charge in [0.1, 0.15) is 5.75 Å². The summed E-state index contributed by atoms with van der Waals surface area (Å²) in [6, 6.07) is 5.14. The fraction of sp³-hybridized carbons (Fsp3) is 0.467. The minimum atomic E-state index is -0.372. The van der Waals surface area contributed by atoms with Gasteiger partial charge in [-0.1, -0.05) is 13.3 Å². The van der Waals surface area contributed by atoms with Crippen molar-refractivity contribution in [3.05, 3.63) is 29.3 Å². The number of ether oxygens (including phenoxy) is 2. The molecule has 0 amide bonds. The van der Waals surface area contributed by atoms with Crippen LogP contribution in [0.2, 0.25) is 0 Å². The van der Waals surface area contributed by atoms with E-state index >= 15 is 0 Å². The lowest BCUT2D eigenvalue weighted by atomic mass is 10.1. The van der Waals surface area contributed by atoms with Crippen LogP contribution in [0.1, 0.15) is 42.6 Å². The molecule has 0 aliphatic carbocycles. The zero-order chi connectivity index (χ0) is 14.3. The lowest BCUT2D eigenvalue weighted by molar-refractivity contribution is -0.146. The van der Waals surface area contributed by atoms with Crippen LogP contribution in [0.3, 0.4) is 0 Å². The summed E-state index contributed by atoms with van der Waals surface area (Å²) in [4.78, 5) is 22.6. The highest BCUT2D eigenvalue weighted by Crippen LogP contribution is 2.19. The van der Waals surface area contributed by atoms with Gasteiger partial charge < -0.3 is 9.47 Å². The van der Waals surface area contributed by atoms with Crippen LogP contribution in [0.4, 0.5) is 0 Å². The second kappa shape index (κ2) is 7.56. The van der Waals surface area contributed by atoms with Crippen LogP contribution in [0.15, 0.2) is 18.2 Å². The number of esters is 1. The lowest BCUT2D eigenvalue weighted by Crippen LogP contribution is -2.15. The lowest BCUT2D eigenvalue weighted by Gasteiger charge is -2.09. The highest BCUT2D eigenvalue weighted by atomic mass is 16.6. The Bertz CT molecular complexity index is 451. The van der Waals surface area contributed by atoms with Crippen LogP contribution in [-0.4, -0.2) is 25.0 Å². The second-order valence-electron chi connectivity index (χ2n) is 4.40. The molecule has 0 N–H and O–H groups in total. The monoisotopic (exact) mass is 264 g/mol. The predicted molar refractivity (Wildman–Crippen MR) is 72.5 cm³/mol. The molecule has 0 saturated heterocycles. The van der Waals surface area contributed by atoms with Gasteiger partial charge in [-0.3, -0.25) is 4.79 Å². The molecule has 4 heteroatoms. The third kappa shape index (κ3) is 5.12. The number of rotatable bonds is 7. The summed E-state index contributed by atoms with van der Waals surface area (Å²) in [5, 5.41) is 0. The molecule has 0 saturated carbocycles. The van der Waals surface area contributed by atoms with Gasteiger partial charge in [0.15, 0.2) is 12.4 Å². The first-order chi connectivity index (χ1) is 9.04. The predicted octanol–water partition coefficient (Wildman–Crippen LogP) is 2.92. The zero-order valence-corrected chi connectivity index (χ0v) is 11.7. The summed E-state index contributed by atoms with van der Waals surface area (Å²) >= 11 is 0. The molecule has 0 unspecified atom stereocenters. The van der Waals surface area contributed by atoms with E-state index in [1.54, 1.807) is 18.2 Å². The van der Waals surface area contributed by atoms with Crippen molar-refractivity contribution in [2.75, 3.05) is 13.2 Å². The Morgan fingerprint density at radius 2 is 2.00 bits per heavy atom. The Kier molecular flexibility index (Phi) is 6.06. The highest BCUT2D eigenvalue weighted by molar-refractivity contribution is 5.94. The van der Waals surface area contributed by atoms with E-state index in [1.165, 1.54) is 6.92 Å². The molecule has 0 spiro atoms. The summed E-state index contributed by atoms with van der Waals surface area (Å²) in [5.74, 6) is 0.231. The molecule has 1 aromatic rings. The first-order valence-corrected chi connectivity index (χ1v) is 6.44. The number of carbonyl (C=O) groups is 2. The van der Waals surface area contributed by atoms with Crippen molar-refractivity contribution in [1.82, 2.24) is 0 Å². The Balaban J connectivity index is 2.49. The summed E-state index contributed by atoms with van der Waals surface area (Å²) in [6.45, 7) is 5.71. The summed E-state index contributed by atoms with van der Waals surface area (Å²) in [5.41, 5.74) is 1.46. The number of aryl methyl sites for hydroxylation is 1. The van der Waals surface area contributed by atoms with Gasteiger partial charge in [0.05, 0.1) is 6.61 Å². The third-order valence-corrected chi connectivity index (χ3v) is 2.69. The minimum absolute atomic E-state index is 0.00799. The normalized spacial score (nSPS) is 10.1. The maximum absolute atomic E-state index is 11.4. The molecule has 0 radical (unpaired) electrons. The second-order valence-corrected chi connectivity index (χ2v) is 4.40. The van der Waals surface area contributed by atoms with Crippen LogP contribution >= 0.6 is 0 Å². The quantitative estimate of drug-likeness (QED) is 0.431. The maximum atomic E-state index is 11.4. The van der Waals surface area contributed by atoms with Gasteiger partial charge in [0.2, 0.25) is 0 Å². The average Bonchev–Trinajstić information content (AvgIpc) is 2.37. The molecule has 19 heavy (non-hydrogen) atoms. The van der Waals surface area contributed by atoms with Gasteiger partial charge >= 0.3 is 5.97 Å². The van der Waals surface area contributed by atoms with Crippen LogP contribution in [0.25, 0.3) is 0 Å². The third-order valence-electron chi connectivity index (χ3n) is 2.69. The fourth-order valence-corrected chi connectivity index (χ4v) is 1.54. The number of benzene rings is 1. The van der Waals surface area contributed by atoms with E-state index < -0.39 is 0 Å². The summed E-state index contributed by atoms with van der Waals surface area (Å²) in [6.07, 6.45) is 1.85. The molecule has 0 aliphatic rings. The van der Waals surface area contributed by atoms with Gasteiger partial charge in [-0.25, -0.2) is 4.79 Å². The molecule has 4 nitrogen and oxygen atoms in total. The Labute approximate surface area is 113 Å². The summed E-state index contributed by atoms with van der Waals surface area (Å²) in [7, 11) is 0. The van der Waals surface area contributed by atoms with Gasteiger partial charge in [-0.15, -0.1) is 0 Å². The average molecular weight is 264 g/mol. The van der Waals surface area contributed by atoms with Crippen LogP contribution in [0.5, 0.6) is 5.75 Å². The van der Waals surface area contributed by atoms with E-state index in [-0.39, 0.29) is 18.4 Å². The minimum Gasteiger partial charge on any atom is -0.482 e. The number of Topliss-reactive ketones (excluding diaryl/α,β-unsaturated/α-hetero) is 1. The Hall–Kier alpha value is -1.84. The first kappa shape index (κ1) is 15.2. The molecule has 1 rings (SSSR count). The van der Waals surface area contributed by atoms with E-state index in [9.17, 15) is 9.59 Å². The SMILES string of the molecule is CCCCOC(=O)COc1ccc(C(C)=O)cc1C. The fourth-order valence-electron chi connectivity index (χ4n) is 1.54. The molecule has 104 valence electrons. The van der Waals surface area contributed by atoms with Gasteiger partial charge in [-0.05, 0) is 44.0 Å². The smallest absolute Gasteiger partial charge is 0.344 e. The Morgan fingerprint density at radius 1 is 1.26 bits per heavy atom. The first-order valence-electron chi connectivity index (χ1n) is 6.44. The van der Waals surface area contributed by atoms with Crippen molar-refractivity contribution in [2.24, 2.45) is 0 Å². The maximum Gasteiger partial charge on any atom is 0.344 e. The molecule has 1 aromatic carbocycles. The van der Waals surface area contributed by atoms with E-state index in [1.807, 2.05) is 13.8 Å². The van der Waals surface area contributed by atoms with Crippen LogP contribution in [0, 0.1) is 6.92 Å². The van der Waals surface area contributed by atoms with Gasteiger partial charge in [0.25, 0.3) is 0 Å². The largest absolute Gasteiger partial charge is 0.482 e. The van der Waals surface area contributed by atoms with Crippen molar-refractivity contribution in [3.63, 3.8) is 0 Å². The zero-order valence-electron chi connectivity index (χ0n) is 11.7. The van der Waals surface area contributed by atoms with E-state index in [0.717, 1.165) is 18.4 Å². The van der Waals surface area contributed by atoms with Crippen molar-refractivity contribution in [2.45, 2.75) is 33.6 Å². The highest BCUT2D eigenvalue weighted by Gasteiger charge is 2.07. The summed E-state index contributed by atoms with van der Waals surface area (Å²) < 4.78 is 10.4. The van der Waals surface area contributed by atoms with E-state index in [2.05, 4.69) is 0 Å². The molecule has 0 aromatic heterocycles. The van der Waals surface area contributed by atoms with E-state index in [4.69, 9.17) is 9.47 Å². The van der Waals surface area contributed by atoms with Crippen molar-refractivity contribution < 1.29 is 19.1 Å². The number of hydrogen-bond acceptors (Lipinski definition) is 4. The Morgan fingerprint density at radius 3 is 2.58 bits per heavy atom. The van der Waals surface area contributed by atoms with E-state index in [0.29, 0.717) is 17.9 Å². The van der Waals surface area contributed by atoms with Crippen LogP contribution in [-0.2, 0) is 9.53 Å². The standard InChI is InChI=1S/C15H20O4/c1-4-5-8-18-15(17)10-19-14-7-6-13(12(3)16)9-11(14)2/h6-7,9H,4-5,8,10H2,1-3H3.